The number of halogens is 4. The molecular formula is C10H8ClF3N2O. The SMILES string of the molecule is Cc1cc(OC(F)(F)F)c(CCl)nc1CC#N. The fraction of sp³-hybridized carbons (Fsp3) is 0.400. The van der Waals surface area contributed by atoms with E-state index in [1.54, 1.807) is 6.92 Å². The van der Waals surface area contributed by atoms with Crippen molar-refractivity contribution < 1.29 is 17.9 Å². The van der Waals surface area contributed by atoms with E-state index in [-0.39, 0.29) is 18.0 Å². The van der Waals surface area contributed by atoms with Crippen molar-refractivity contribution in [1.82, 2.24) is 4.98 Å². The fourth-order valence-electron chi connectivity index (χ4n) is 1.23. The predicted octanol–water partition coefficient (Wildman–Crippen LogP) is 3.09. The van der Waals surface area contributed by atoms with Gasteiger partial charge in [0.2, 0.25) is 0 Å². The monoisotopic (exact) mass is 264 g/mol. The van der Waals surface area contributed by atoms with Crippen LogP contribution in [0.3, 0.4) is 0 Å². The summed E-state index contributed by atoms with van der Waals surface area (Å²) < 4.78 is 40.1. The number of hydrogen-bond acceptors (Lipinski definition) is 3. The van der Waals surface area contributed by atoms with Gasteiger partial charge in [0.25, 0.3) is 0 Å². The average molecular weight is 265 g/mol. The molecule has 17 heavy (non-hydrogen) atoms. The number of aryl methyl sites for hydroxylation is 1. The molecule has 0 aliphatic carbocycles. The molecule has 0 amide bonds. The molecule has 3 nitrogen and oxygen atoms in total. The van der Waals surface area contributed by atoms with Gasteiger partial charge in [0, 0.05) is 0 Å². The van der Waals surface area contributed by atoms with Crippen LogP contribution in [0.2, 0.25) is 0 Å². The highest BCUT2D eigenvalue weighted by atomic mass is 35.5. The molecule has 0 N–H and O–H groups in total. The molecule has 0 spiro atoms. The molecule has 1 heterocycles. The summed E-state index contributed by atoms with van der Waals surface area (Å²) in [7, 11) is 0. The lowest BCUT2D eigenvalue weighted by Crippen LogP contribution is -2.19. The molecule has 92 valence electrons. The Morgan fingerprint density at radius 3 is 2.59 bits per heavy atom. The van der Waals surface area contributed by atoms with Gasteiger partial charge in [-0.1, -0.05) is 0 Å². The predicted molar refractivity (Wildman–Crippen MR) is 54.5 cm³/mol. The van der Waals surface area contributed by atoms with Crippen LogP contribution in [0.4, 0.5) is 13.2 Å². The quantitative estimate of drug-likeness (QED) is 0.788. The number of hydrogen-bond donors (Lipinski definition) is 0. The van der Waals surface area contributed by atoms with Gasteiger partial charge in [-0.25, -0.2) is 0 Å². The first-order valence-corrected chi connectivity index (χ1v) is 5.09. The molecule has 0 radical (unpaired) electrons. The molecule has 1 aromatic rings. The first-order valence-electron chi connectivity index (χ1n) is 4.55. The van der Waals surface area contributed by atoms with Crippen molar-refractivity contribution in [2.75, 3.05) is 0 Å². The van der Waals surface area contributed by atoms with E-state index in [0.29, 0.717) is 11.3 Å². The highest BCUT2D eigenvalue weighted by Gasteiger charge is 2.32. The normalized spacial score (nSPS) is 11.1. The molecule has 0 aliphatic rings. The van der Waals surface area contributed by atoms with Crippen molar-refractivity contribution in [2.45, 2.75) is 25.6 Å². The smallest absolute Gasteiger partial charge is 0.404 e. The van der Waals surface area contributed by atoms with E-state index in [1.807, 2.05) is 6.07 Å². The van der Waals surface area contributed by atoms with Crippen molar-refractivity contribution in [3.05, 3.63) is 23.0 Å². The Hall–Kier alpha value is -1.48. The van der Waals surface area contributed by atoms with E-state index in [9.17, 15) is 13.2 Å². The van der Waals surface area contributed by atoms with Gasteiger partial charge in [-0.05, 0) is 18.6 Å². The highest BCUT2D eigenvalue weighted by molar-refractivity contribution is 6.17. The van der Waals surface area contributed by atoms with Crippen LogP contribution < -0.4 is 4.74 Å². The summed E-state index contributed by atoms with van der Waals surface area (Å²) in [5.41, 5.74) is 0.831. The second-order valence-electron chi connectivity index (χ2n) is 3.21. The number of aromatic nitrogens is 1. The van der Waals surface area contributed by atoms with Crippen LogP contribution in [0.1, 0.15) is 17.0 Å². The standard InChI is InChI=1S/C10H8ClF3N2O/c1-6-4-9(17-10(12,13)14)8(5-11)16-7(6)2-3-15/h4H,2,5H2,1H3. The Morgan fingerprint density at radius 2 is 2.12 bits per heavy atom. The second kappa shape index (κ2) is 5.23. The number of rotatable bonds is 3. The summed E-state index contributed by atoms with van der Waals surface area (Å²) in [4.78, 5) is 3.89. The minimum absolute atomic E-state index is 0.0159. The first-order chi connectivity index (χ1) is 7.87. The average Bonchev–Trinajstić information content (AvgIpc) is 2.20. The van der Waals surface area contributed by atoms with E-state index in [0.717, 1.165) is 0 Å². The topological polar surface area (TPSA) is 45.9 Å². The van der Waals surface area contributed by atoms with Gasteiger partial charge in [-0.3, -0.25) is 4.98 Å². The van der Waals surface area contributed by atoms with Crippen molar-refractivity contribution >= 4 is 11.6 Å². The third-order valence-electron chi connectivity index (χ3n) is 1.96. The number of nitriles is 1. The van der Waals surface area contributed by atoms with Gasteiger partial charge >= 0.3 is 6.36 Å². The minimum Gasteiger partial charge on any atom is -0.404 e. The van der Waals surface area contributed by atoms with Crippen molar-refractivity contribution in [1.29, 1.82) is 5.26 Å². The van der Waals surface area contributed by atoms with E-state index in [1.165, 1.54) is 6.07 Å². The van der Waals surface area contributed by atoms with Crippen LogP contribution in [-0.4, -0.2) is 11.3 Å². The van der Waals surface area contributed by atoms with Gasteiger partial charge in [0.05, 0.1) is 29.8 Å². The van der Waals surface area contributed by atoms with Gasteiger partial charge in [-0.2, -0.15) is 5.26 Å². The number of pyridine rings is 1. The van der Waals surface area contributed by atoms with Crippen LogP contribution in [0.25, 0.3) is 0 Å². The molecule has 1 aromatic heterocycles. The number of alkyl halides is 4. The Morgan fingerprint density at radius 1 is 1.47 bits per heavy atom. The van der Waals surface area contributed by atoms with Gasteiger partial charge in [0.1, 0.15) is 0 Å². The third-order valence-corrected chi connectivity index (χ3v) is 2.21. The molecule has 0 bridgehead atoms. The Balaban J connectivity index is 3.15. The molecule has 0 aliphatic heterocycles. The van der Waals surface area contributed by atoms with E-state index < -0.39 is 12.1 Å². The zero-order chi connectivity index (χ0) is 13.1. The van der Waals surface area contributed by atoms with E-state index in [2.05, 4.69) is 9.72 Å². The summed E-state index contributed by atoms with van der Waals surface area (Å²) in [6.07, 6.45) is -4.77. The second-order valence-corrected chi connectivity index (χ2v) is 3.48. The maximum atomic E-state index is 12.1. The van der Waals surface area contributed by atoms with Crippen molar-refractivity contribution in [3.63, 3.8) is 0 Å². The van der Waals surface area contributed by atoms with Crippen LogP contribution in [0.15, 0.2) is 6.07 Å². The van der Waals surface area contributed by atoms with Gasteiger partial charge < -0.3 is 4.74 Å². The maximum absolute atomic E-state index is 12.1. The van der Waals surface area contributed by atoms with Crippen LogP contribution >= 0.6 is 11.6 Å². The summed E-state index contributed by atoms with van der Waals surface area (Å²) in [5.74, 6) is -0.642. The molecular weight excluding hydrogens is 257 g/mol. The Labute approximate surface area is 101 Å². The third kappa shape index (κ3) is 3.79. The largest absolute Gasteiger partial charge is 0.573 e. The summed E-state index contributed by atoms with van der Waals surface area (Å²) in [6, 6.07) is 3.06. The van der Waals surface area contributed by atoms with E-state index in [4.69, 9.17) is 16.9 Å². The number of ether oxygens (including phenoxy) is 1. The lowest BCUT2D eigenvalue weighted by atomic mass is 10.1. The molecule has 0 saturated carbocycles. The first kappa shape index (κ1) is 13.6. The molecule has 1 rings (SSSR count). The van der Waals surface area contributed by atoms with Crippen LogP contribution in [-0.2, 0) is 12.3 Å². The Bertz CT molecular complexity index is 454. The zero-order valence-electron chi connectivity index (χ0n) is 8.81. The molecule has 0 unspecified atom stereocenters. The maximum Gasteiger partial charge on any atom is 0.573 e. The summed E-state index contributed by atoms with van der Waals surface area (Å²) >= 11 is 5.49. The van der Waals surface area contributed by atoms with Crippen LogP contribution in [0.5, 0.6) is 5.75 Å². The lowest BCUT2D eigenvalue weighted by Gasteiger charge is -2.13. The molecule has 0 aromatic carbocycles. The number of nitrogens with zero attached hydrogens (tertiary/aromatic N) is 2. The Kier molecular flexibility index (Phi) is 4.18. The highest BCUT2D eigenvalue weighted by Crippen LogP contribution is 2.28. The van der Waals surface area contributed by atoms with E-state index >= 15 is 0 Å². The van der Waals surface area contributed by atoms with Crippen molar-refractivity contribution in [2.24, 2.45) is 0 Å². The molecule has 0 saturated heterocycles. The molecule has 0 atom stereocenters. The van der Waals surface area contributed by atoms with Crippen molar-refractivity contribution in [3.8, 4) is 11.8 Å². The zero-order valence-corrected chi connectivity index (χ0v) is 9.56. The molecule has 0 fully saturated rings. The summed E-state index contributed by atoms with van der Waals surface area (Å²) in [6.45, 7) is 1.56. The fourth-order valence-corrected chi connectivity index (χ4v) is 1.42. The van der Waals surface area contributed by atoms with Crippen LogP contribution in [0, 0.1) is 18.3 Å². The van der Waals surface area contributed by atoms with Gasteiger partial charge in [-0.15, -0.1) is 24.8 Å². The van der Waals surface area contributed by atoms with Gasteiger partial charge in [0.15, 0.2) is 5.75 Å². The summed E-state index contributed by atoms with van der Waals surface area (Å²) in [5, 5.41) is 8.53. The lowest BCUT2D eigenvalue weighted by molar-refractivity contribution is -0.275. The minimum atomic E-state index is -4.79. The molecule has 7 heteroatoms.